The number of benzene rings is 4. The summed E-state index contributed by atoms with van der Waals surface area (Å²) in [6.07, 6.45) is 0. The Hall–Kier alpha value is -5.26. The van der Waals surface area contributed by atoms with E-state index in [1.807, 2.05) is 60.7 Å². The molecule has 0 bridgehead atoms. The van der Waals surface area contributed by atoms with E-state index in [0.717, 1.165) is 11.1 Å². The summed E-state index contributed by atoms with van der Waals surface area (Å²) >= 11 is 0. The van der Waals surface area contributed by atoms with Crippen LogP contribution in [0, 0.1) is 0 Å². The third kappa shape index (κ3) is 10.0. The number of primary amides is 2. The van der Waals surface area contributed by atoms with E-state index in [-0.39, 0.29) is 47.3 Å². The second-order valence-electron chi connectivity index (χ2n) is 8.36. The van der Waals surface area contributed by atoms with Gasteiger partial charge in [0.15, 0.2) is 23.0 Å². The number of ether oxygens (including phenoxy) is 4. The first kappa shape index (κ1) is 31.3. The van der Waals surface area contributed by atoms with Crippen LogP contribution >= 0.6 is 0 Å². The average Bonchev–Trinajstić information content (AvgIpc) is 2.96. The fraction of sp³-hybridized carbons (Fsp3) is 0.133. The zero-order chi connectivity index (χ0) is 30.5. The summed E-state index contributed by atoms with van der Waals surface area (Å²) in [5.74, 6) is -1.57. The number of alkyl halides is 4. The van der Waals surface area contributed by atoms with E-state index < -0.39 is 25.0 Å². The zero-order valence-electron chi connectivity index (χ0n) is 21.9. The van der Waals surface area contributed by atoms with Crippen molar-refractivity contribution in [3.05, 3.63) is 119 Å². The minimum atomic E-state index is -2.98. The van der Waals surface area contributed by atoms with E-state index in [1.54, 1.807) is 0 Å². The van der Waals surface area contributed by atoms with Crippen LogP contribution < -0.4 is 30.4 Å². The van der Waals surface area contributed by atoms with E-state index in [9.17, 15) is 27.2 Å². The summed E-state index contributed by atoms with van der Waals surface area (Å²) in [6.45, 7) is -5.65. The number of carbonyl (C=O) groups excluding carboxylic acids is 2. The van der Waals surface area contributed by atoms with Crippen molar-refractivity contribution >= 4 is 11.8 Å². The molecule has 0 aromatic heterocycles. The van der Waals surface area contributed by atoms with Gasteiger partial charge in [0, 0.05) is 11.1 Å². The fourth-order valence-corrected chi connectivity index (χ4v) is 3.41. The SMILES string of the molecule is NC(=O)c1ccc(OC(F)F)c(OCc2ccccc2)c1.NC(=O)c1ccc(OC(F)F)c(OCc2ccccc2)c1. The highest BCUT2D eigenvalue weighted by Gasteiger charge is 2.15. The first-order valence-electron chi connectivity index (χ1n) is 12.2. The molecule has 4 aromatic rings. The molecule has 4 aromatic carbocycles. The Morgan fingerprint density at radius 1 is 0.548 bits per heavy atom. The van der Waals surface area contributed by atoms with Gasteiger partial charge in [-0.1, -0.05) is 60.7 Å². The second kappa shape index (κ2) is 15.5. The van der Waals surface area contributed by atoms with Gasteiger partial charge in [0.1, 0.15) is 13.2 Å². The van der Waals surface area contributed by atoms with Crippen molar-refractivity contribution in [1.82, 2.24) is 0 Å². The molecule has 0 atom stereocenters. The van der Waals surface area contributed by atoms with Crippen molar-refractivity contribution in [2.75, 3.05) is 0 Å². The minimum Gasteiger partial charge on any atom is -0.485 e. The first-order chi connectivity index (χ1) is 20.1. The van der Waals surface area contributed by atoms with Crippen molar-refractivity contribution in [2.24, 2.45) is 11.5 Å². The van der Waals surface area contributed by atoms with Crippen molar-refractivity contribution in [2.45, 2.75) is 26.4 Å². The molecule has 42 heavy (non-hydrogen) atoms. The van der Waals surface area contributed by atoms with Crippen LogP contribution in [0.15, 0.2) is 97.1 Å². The van der Waals surface area contributed by atoms with Crippen molar-refractivity contribution in [1.29, 1.82) is 0 Å². The third-order valence-corrected chi connectivity index (χ3v) is 5.36. The van der Waals surface area contributed by atoms with Crippen molar-refractivity contribution < 1.29 is 46.1 Å². The van der Waals surface area contributed by atoms with Crippen LogP contribution in [-0.2, 0) is 13.2 Å². The summed E-state index contributed by atoms with van der Waals surface area (Å²) < 4.78 is 69.0. The molecule has 12 heteroatoms. The van der Waals surface area contributed by atoms with E-state index >= 15 is 0 Å². The molecule has 0 aliphatic heterocycles. The molecule has 220 valence electrons. The number of carbonyl (C=O) groups is 2. The number of hydrogen-bond acceptors (Lipinski definition) is 6. The number of halogens is 4. The van der Waals surface area contributed by atoms with Crippen LogP contribution in [0.25, 0.3) is 0 Å². The molecule has 0 aliphatic rings. The van der Waals surface area contributed by atoms with Gasteiger partial charge in [-0.2, -0.15) is 17.6 Å². The first-order valence-corrected chi connectivity index (χ1v) is 12.2. The Kier molecular flexibility index (Phi) is 11.5. The fourth-order valence-electron chi connectivity index (χ4n) is 3.41. The zero-order valence-corrected chi connectivity index (χ0v) is 21.9. The predicted octanol–water partition coefficient (Wildman–Crippen LogP) is 5.93. The summed E-state index contributed by atoms with van der Waals surface area (Å²) in [7, 11) is 0. The molecule has 4 rings (SSSR count). The summed E-state index contributed by atoms with van der Waals surface area (Å²) in [6, 6.07) is 25.9. The predicted molar refractivity (Wildman–Crippen MR) is 145 cm³/mol. The van der Waals surface area contributed by atoms with Crippen molar-refractivity contribution in [3.8, 4) is 23.0 Å². The Balaban J connectivity index is 0.000000230. The lowest BCUT2D eigenvalue weighted by molar-refractivity contribution is -0.0522. The highest BCUT2D eigenvalue weighted by molar-refractivity contribution is 5.94. The van der Waals surface area contributed by atoms with Crippen LogP contribution in [0.5, 0.6) is 23.0 Å². The van der Waals surface area contributed by atoms with Gasteiger partial charge in [0.2, 0.25) is 11.8 Å². The van der Waals surface area contributed by atoms with E-state index in [4.69, 9.17) is 20.9 Å². The number of rotatable bonds is 12. The second-order valence-corrected chi connectivity index (χ2v) is 8.36. The molecule has 0 fully saturated rings. The van der Waals surface area contributed by atoms with Gasteiger partial charge in [-0.15, -0.1) is 0 Å². The number of hydrogen-bond donors (Lipinski definition) is 2. The number of amides is 2. The van der Waals surface area contributed by atoms with Crippen LogP contribution in [-0.4, -0.2) is 25.0 Å². The van der Waals surface area contributed by atoms with Crippen LogP contribution in [0.1, 0.15) is 31.8 Å². The van der Waals surface area contributed by atoms with Gasteiger partial charge >= 0.3 is 13.2 Å². The molecule has 0 unspecified atom stereocenters. The molecule has 8 nitrogen and oxygen atoms in total. The Morgan fingerprint density at radius 3 is 1.21 bits per heavy atom. The molecular formula is C30H26F4N2O6. The Labute approximate surface area is 238 Å². The smallest absolute Gasteiger partial charge is 0.387 e. The minimum absolute atomic E-state index is 0.0375. The van der Waals surface area contributed by atoms with E-state index in [0.29, 0.717) is 0 Å². The van der Waals surface area contributed by atoms with Crippen molar-refractivity contribution in [3.63, 3.8) is 0 Å². The molecule has 0 saturated heterocycles. The summed E-state index contributed by atoms with van der Waals surface area (Å²) in [4.78, 5) is 22.3. The highest BCUT2D eigenvalue weighted by Crippen LogP contribution is 2.31. The van der Waals surface area contributed by atoms with Gasteiger partial charge in [-0.3, -0.25) is 9.59 Å². The van der Waals surface area contributed by atoms with E-state index in [1.165, 1.54) is 36.4 Å². The largest absolute Gasteiger partial charge is 0.485 e. The molecule has 0 aliphatic carbocycles. The molecule has 0 spiro atoms. The lowest BCUT2D eigenvalue weighted by Gasteiger charge is -2.13. The van der Waals surface area contributed by atoms with Gasteiger partial charge in [-0.25, -0.2) is 0 Å². The summed E-state index contributed by atoms with van der Waals surface area (Å²) in [5, 5.41) is 0. The Morgan fingerprint density at radius 2 is 0.905 bits per heavy atom. The quantitative estimate of drug-likeness (QED) is 0.198. The normalized spacial score (nSPS) is 10.4. The average molecular weight is 587 g/mol. The topological polar surface area (TPSA) is 123 Å². The molecule has 0 heterocycles. The lowest BCUT2D eigenvalue weighted by Crippen LogP contribution is -2.12. The van der Waals surface area contributed by atoms with E-state index in [2.05, 4.69) is 9.47 Å². The molecule has 4 N–H and O–H groups in total. The van der Waals surface area contributed by atoms with Crippen LogP contribution in [0.2, 0.25) is 0 Å². The summed E-state index contributed by atoms with van der Waals surface area (Å²) in [5.41, 5.74) is 12.3. The van der Waals surface area contributed by atoms with Crippen LogP contribution in [0.4, 0.5) is 17.6 Å². The van der Waals surface area contributed by atoms with Crippen LogP contribution in [0.3, 0.4) is 0 Å². The van der Waals surface area contributed by atoms with Gasteiger partial charge < -0.3 is 30.4 Å². The van der Waals surface area contributed by atoms with Gasteiger partial charge in [0.25, 0.3) is 0 Å². The Bertz CT molecular complexity index is 1350. The third-order valence-electron chi connectivity index (χ3n) is 5.36. The van der Waals surface area contributed by atoms with Gasteiger partial charge in [-0.05, 0) is 47.5 Å². The maximum absolute atomic E-state index is 12.4. The lowest BCUT2D eigenvalue weighted by atomic mass is 10.2. The standard InChI is InChI=1S/2C15H13F2NO3/c2*16-15(17)21-12-7-6-11(14(18)19)8-13(12)20-9-10-4-2-1-3-5-10/h2*1-8,15H,9H2,(H2,18,19). The molecule has 0 saturated carbocycles. The molecular weight excluding hydrogens is 560 g/mol. The monoisotopic (exact) mass is 586 g/mol. The number of nitrogens with two attached hydrogens (primary N) is 2. The molecule has 0 radical (unpaired) electrons. The molecule has 2 amide bonds. The maximum Gasteiger partial charge on any atom is 0.387 e. The maximum atomic E-state index is 12.4. The van der Waals surface area contributed by atoms with Gasteiger partial charge in [0.05, 0.1) is 0 Å². The highest BCUT2D eigenvalue weighted by atomic mass is 19.3.